The van der Waals surface area contributed by atoms with Crippen molar-refractivity contribution in [2.75, 3.05) is 24.5 Å². The van der Waals surface area contributed by atoms with Crippen molar-refractivity contribution in [2.24, 2.45) is 11.8 Å². The van der Waals surface area contributed by atoms with Gasteiger partial charge in [0.25, 0.3) is 0 Å². The Labute approximate surface area is 124 Å². The summed E-state index contributed by atoms with van der Waals surface area (Å²) in [4.78, 5) is 8.45. The first-order chi connectivity index (χ1) is 9.70. The summed E-state index contributed by atoms with van der Waals surface area (Å²) in [5, 5.41) is 5.64. The quantitative estimate of drug-likeness (QED) is 0.860. The third kappa shape index (κ3) is 2.44. The van der Waals surface area contributed by atoms with Crippen LogP contribution in [0.5, 0.6) is 0 Å². The zero-order valence-corrected chi connectivity index (χ0v) is 13.4. The summed E-state index contributed by atoms with van der Waals surface area (Å²) in [7, 11) is 0. The van der Waals surface area contributed by atoms with Gasteiger partial charge in [0, 0.05) is 31.2 Å². The molecular formula is C15H24N4S. The van der Waals surface area contributed by atoms with E-state index in [1.807, 2.05) is 0 Å². The first-order valence-electron chi connectivity index (χ1n) is 7.60. The van der Waals surface area contributed by atoms with Crippen LogP contribution in [0.1, 0.15) is 32.9 Å². The SMILES string of the molecule is CCCNCc1c(N2CC(C)C(C)C2)nc2sccn12. The Morgan fingerprint density at radius 3 is 2.80 bits per heavy atom. The van der Waals surface area contributed by atoms with Gasteiger partial charge in [0.05, 0.1) is 5.69 Å². The molecule has 3 heterocycles. The van der Waals surface area contributed by atoms with Gasteiger partial charge in [-0.3, -0.25) is 4.40 Å². The molecule has 2 aromatic heterocycles. The molecule has 4 nitrogen and oxygen atoms in total. The number of thiazole rings is 1. The molecular weight excluding hydrogens is 268 g/mol. The molecule has 1 fully saturated rings. The molecule has 0 radical (unpaired) electrons. The van der Waals surface area contributed by atoms with Crippen molar-refractivity contribution in [2.45, 2.75) is 33.7 Å². The fourth-order valence-electron chi connectivity index (χ4n) is 2.92. The maximum absolute atomic E-state index is 4.87. The highest BCUT2D eigenvalue weighted by Crippen LogP contribution is 2.31. The van der Waals surface area contributed by atoms with E-state index in [0.29, 0.717) is 0 Å². The lowest BCUT2D eigenvalue weighted by Gasteiger charge is -2.17. The third-order valence-corrected chi connectivity index (χ3v) is 5.10. The van der Waals surface area contributed by atoms with E-state index in [9.17, 15) is 0 Å². The molecule has 1 saturated heterocycles. The Morgan fingerprint density at radius 2 is 2.10 bits per heavy atom. The molecule has 0 aromatic carbocycles. The topological polar surface area (TPSA) is 32.6 Å². The van der Waals surface area contributed by atoms with Crippen LogP contribution in [0.3, 0.4) is 0 Å². The smallest absolute Gasteiger partial charge is 0.195 e. The number of nitrogens with one attached hydrogen (secondary N) is 1. The molecule has 2 aromatic rings. The van der Waals surface area contributed by atoms with Crippen LogP contribution in [0.15, 0.2) is 11.6 Å². The summed E-state index contributed by atoms with van der Waals surface area (Å²) in [6.07, 6.45) is 3.31. The number of aromatic nitrogens is 2. The summed E-state index contributed by atoms with van der Waals surface area (Å²) >= 11 is 1.72. The highest BCUT2D eigenvalue weighted by atomic mass is 32.1. The average Bonchev–Trinajstić information content (AvgIpc) is 3.07. The Hall–Kier alpha value is -1.07. The van der Waals surface area contributed by atoms with E-state index in [0.717, 1.165) is 43.0 Å². The minimum Gasteiger partial charge on any atom is -0.354 e. The first kappa shape index (κ1) is 13.9. The van der Waals surface area contributed by atoms with Crippen LogP contribution >= 0.6 is 11.3 Å². The molecule has 0 bridgehead atoms. The van der Waals surface area contributed by atoms with Gasteiger partial charge < -0.3 is 10.2 Å². The second kappa shape index (κ2) is 5.74. The Kier molecular flexibility index (Phi) is 3.98. The highest BCUT2D eigenvalue weighted by molar-refractivity contribution is 7.15. The van der Waals surface area contributed by atoms with E-state index in [4.69, 9.17) is 4.98 Å². The van der Waals surface area contributed by atoms with Gasteiger partial charge in [-0.1, -0.05) is 20.8 Å². The number of imidazole rings is 1. The molecule has 110 valence electrons. The van der Waals surface area contributed by atoms with E-state index < -0.39 is 0 Å². The molecule has 0 spiro atoms. The Bertz CT molecular complexity index is 563. The Morgan fingerprint density at radius 1 is 1.35 bits per heavy atom. The van der Waals surface area contributed by atoms with Gasteiger partial charge in [-0.25, -0.2) is 4.98 Å². The van der Waals surface area contributed by atoms with Gasteiger partial charge in [-0.05, 0) is 24.8 Å². The molecule has 1 N–H and O–H groups in total. The average molecular weight is 292 g/mol. The fraction of sp³-hybridized carbons (Fsp3) is 0.667. The third-order valence-electron chi connectivity index (χ3n) is 4.35. The van der Waals surface area contributed by atoms with Crippen molar-refractivity contribution in [3.63, 3.8) is 0 Å². The largest absolute Gasteiger partial charge is 0.354 e. The summed E-state index contributed by atoms with van der Waals surface area (Å²) in [5.74, 6) is 2.70. The zero-order valence-electron chi connectivity index (χ0n) is 12.6. The monoisotopic (exact) mass is 292 g/mol. The molecule has 3 rings (SSSR count). The van der Waals surface area contributed by atoms with Crippen molar-refractivity contribution in [1.82, 2.24) is 14.7 Å². The molecule has 1 aliphatic heterocycles. The first-order valence-corrected chi connectivity index (χ1v) is 8.48. The molecule has 5 heteroatoms. The van der Waals surface area contributed by atoms with E-state index in [1.165, 1.54) is 17.9 Å². The van der Waals surface area contributed by atoms with Crippen molar-refractivity contribution in [3.8, 4) is 0 Å². The molecule has 0 amide bonds. The minimum absolute atomic E-state index is 0.756. The number of fused-ring (bicyclic) bond motifs is 1. The lowest BCUT2D eigenvalue weighted by atomic mass is 10.0. The number of hydrogen-bond donors (Lipinski definition) is 1. The van der Waals surface area contributed by atoms with Crippen molar-refractivity contribution in [1.29, 1.82) is 0 Å². The summed E-state index contributed by atoms with van der Waals surface area (Å²) in [6.45, 7) is 11.1. The molecule has 2 atom stereocenters. The maximum atomic E-state index is 4.87. The van der Waals surface area contributed by atoms with Crippen LogP contribution in [-0.4, -0.2) is 29.0 Å². The van der Waals surface area contributed by atoms with Crippen LogP contribution in [0.25, 0.3) is 4.96 Å². The molecule has 20 heavy (non-hydrogen) atoms. The van der Waals surface area contributed by atoms with Crippen LogP contribution in [0.2, 0.25) is 0 Å². The van der Waals surface area contributed by atoms with Crippen LogP contribution in [-0.2, 0) is 6.54 Å². The van der Waals surface area contributed by atoms with Crippen molar-refractivity contribution >= 4 is 22.1 Å². The summed E-state index contributed by atoms with van der Waals surface area (Å²) < 4.78 is 2.25. The standard InChI is InChI=1S/C15H24N4S/c1-4-5-16-8-13-14(17-15-19(13)6-7-20-15)18-9-11(2)12(3)10-18/h6-7,11-12,16H,4-5,8-10H2,1-3H3. The lowest BCUT2D eigenvalue weighted by Crippen LogP contribution is -2.23. The highest BCUT2D eigenvalue weighted by Gasteiger charge is 2.29. The number of hydrogen-bond acceptors (Lipinski definition) is 4. The normalized spacial score (nSPS) is 23.1. The maximum Gasteiger partial charge on any atom is 0.195 e. The van der Waals surface area contributed by atoms with Crippen molar-refractivity contribution in [3.05, 3.63) is 17.3 Å². The van der Waals surface area contributed by atoms with E-state index in [-0.39, 0.29) is 0 Å². The lowest BCUT2D eigenvalue weighted by molar-refractivity contribution is 0.494. The molecule has 0 aliphatic carbocycles. The Balaban J connectivity index is 1.89. The van der Waals surface area contributed by atoms with E-state index in [1.54, 1.807) is 11.3 Å². The van der Waals surface area contributed by atoms with Gasteiger partial charge in [0.1, 0.15) is 0 Å². The fourth-order valence-corrected chi connectivity index (χ4v) is 3.65. The van der Waals surface area contributed by atoms with E-state index >= 15 is 0 Å². The summed E-state index contributed by atoms with van der Waals surface area (Å²) in [6, 6.07) is 0. The predicted octanol–water partition coefficient (Wildman–Crippen LogP) is 2.99. The second-order valence-electron chi connectivity index (χ2n) is 5.97. The molecule has 2 unspecified atom stereocenters. The number of anilines is 1. The van der Waals surface area contributed by atoms with Gasteiger partial charge >= 0.3 is 0 Å². The predicted molar refractivity (Wildman–Crippen MR) is 85.6 cm³/mol. The van der Waals surface area contributed by atoms with Gasteiger partial charge in [-0.15, -0.1) is 11.3 Å². The van der Waals surface area contributed by atoms with Crippen LogP contribution in [0.4, 0.5) is 5.82 Å². The number of rotatable bonds is 5. The molecule has 0 saturated carbocycles. The van der Waals surface area contributed by atoms with Crippen LogP contribution < -0.4 is 10.2 Å². The number of nitrogens with zero attached hydrogens (tertiary/aromatic N) is 3. The van der Waals surface area contributed by atoms with Gasteiger partial charge in [0.15, 0.2) is 10.8 Å². The zero-order chi connectivity index (χ0) is 14.1. The second-order valence-corrected chi connectivity index (χ2v) is 6.85. The van der Waals surface area contributed by atoms with Crippen molar-refractivity contribution < 1.29 is 0 Å². The van der Waals surface area contributed by atoms with E-state index in [2.05, 4.69) is 47.0 Å². The molecule has 1 aliphatic rings. The van der Waals surface area contributed by atoms with Gasteiger partial charge in [-0.2, -0.15) is 0 Å². The van der Waals surface area contributed by atoms with Crippen LogP contribution in [0, 0.1) is 11.8 Å². The summed E-state index contributed by atoms with van der Waals surface area (Å²) in [5.41, 5.74) is 1.32. The van der Waals surface area contributed by atoms with Gasteiger partial charge in [0.2, 0.25) is 0 Å². The minimum atomic E-state index is 0.756.